The van der Waals surface area contributed by atoms with Crippen LogP contribution in [0.25, 0.3) is 0 Å². The van der Waals surface area contributed by atoms with Crippen LogP contribution in [-0.2, 0) is 11.2 Å². The summed E-state index contributed by atoms with van der Waals surface area (Å²) < 4.78 is 0.776. The highest BCUT2D eigenvalue weighted by Gasteiger charge is 2.21. The van der Waals surface area contributed by atoms with Gasteiger partial charge in [-0.1, -0.05) is 11.6 Å². The van der Waals surface area contributed by atoms with Crippen LogP contribution in [0.3, 0.4) is 0 Å². The number of thiophene rings is 1. The maximum atomic E-state index is 11.9. The predicted molar refractivity (Wildman–Crippen MR) is 78.6 cm³/mol. The van der Waals surface area contributed by atoms with Crippen LogP contribution in [0.15, 0.2) is 12.1 Å². The topological polar surface area (TPSA) is 49.3 Å². The summed E-state index contributed by atoms with van der Waals surface area (Å²) in [5.41, 5.74) is 0. The van der Waals surface area contributed by atoms with Crippen LogP contribution in [-0.4, -0.2) is 23.7 Å². The second-order valence-electron chi connectivity index (χ2n) is 5.17. The maximum absolute atomic E-state index is 11.9. The largest absolute Gasteiger partial charge is 0.396 e. The molecule has 0 bridgehead atoms. The standard InChI is InChI=1S/C14H20ClNO2S/c15-13-7-5-12(19-13)6-8-14(18)16-11-3-1-10(9-17)2-4-11/h5,7,10-11,17H,1-4,6,8-9H2,(H,16,18). The lowest BCUT2D eigenvalue weighted by Crippen LogP contribution is -2.38. The summed E-state index contributed by atoms with van der Waals surface area (Å²) in [4.78, 5) is 13.0. The van der Waals surface area contributed by atoms with Gasteiger partial charge >= 0.3 is 0 Å². The molecular weight excluding hydrogens is 282 g/mol. The average Bonchev–Trinajstić information content (AvgIpc) is 2.83. The number of halogens is 1. The van der Waals surface area contributed by atoms with Crippen molar-refractivity contribution in [3.05, 3.63) is 21.3 Å². The molecule has 1 fully saturated rings. The molecule has 2 rings (SSSR count). The van der Waals surface area contributed by atoms with Crippen molar-refractivity contribution in [2.24, 2.45) is 5.92 Å². The Labute approximate surface area is 123 Å². The first-order valence-corrected chi connectivity index (χ1v) is 8.01. The predicted octanol–water partition coefficient (Wildman–Crippen LogP) is 3.00. The molecule has 2 N–H and O–H groups in total. The Hall–Kier alpha value is -0.580. The molecule has 0 atom stereocenters. The van der Waals surface area contributed by atoms with E-state index in [0.717, 1.165) is 41.3 Å². The van der Waals surface area contributed by atoms with Gasteiger partial charge in [0.15, 0.2) is 0 Å². The lowest BCUT2D eigenvalue weighted by atomic mass is 9.86. The van der Waals surface area contributed by atoms with Crippen molar-refractivity contribution in [3.8, 4) is 0 Å². The van der Waals surface area contributed by atoms with Crippen LogP contribution in [0.4, 0.5) is 0 Å². The minimum Gasteiger partial charge on any atom is -0.396 e. The molecule has 0 unspecified atom stereocenters. The van der Waals surface area contributed by atoms with E-state index in [2.05, 4.69) is 5.32 Å². The van der Waals surface area contributed by atoms with Crippen LogP contribution in [0.2, 0.25) is 4.34 Å². The molecule has 1 aliphatic rings. The van der Waals surface area contributed by atoms with Crippen LogP contribution in [0, 0.1) is 5.92 Å². The SMILES string of the molecule is O=C(CCc1ccc(Cl)s1)NC1CCC(CO)CC1. The first-order chi connectivity index (χ1) is 9.17. The van der Waals surface area contributed by atoms with Crippen molar-refractivity contribution >= 4 is 28.8 Å². The molecule has 3 nitrogen and oxygen atoms in total. The second-order valence-corrected chi connectivity index (χ2v) is 6.97. The Bertz CT molecular complexity index is 413. The third-order valence-corrected chi connectivity index (χ3v) is 4.99. The van der Waals surface area contributed by atoms with E-state index in [9.17, 15) is 4.79 Å². The second kappa shape index (κ2) is 7.27. The van der Waals surface area contributed by atoms with E-state index in [1.54, 1.807) is 0 Å². The van der Waals surface area contributed by atoms with Gasteiger partial charge in [0.1, 0.15) is 0 Å². The summed E-state index contributed by atoms with van der Waals surface area (Å²) in [5, 5.41) is 12.2. The van der Waals surface area contributed by atoms with Crippen molar-refractivity contribution in [2.75, 3.05) is 6.61 Å². The van der Waals surface area contributed by atoms with Gasteiger partial charge in [0.25, 0.3) is 0 Å². The van der Waals surface area contributed by atoms with Gasteiger partial charge in [0.05, 0.1) is 4.34 Å². The summed E-state index contributed by atoms with van der Waals surface area (Å²) >= 11 is 7.39. The number of carbonyl (C=O) groups excluding carboxylic acids is 1. The van der Waals surface area contributed by atoms with Crippen LogP contribution in [0.5, 0.6) is 0 Å². The number of carbonyl (C=O) groups is 1. The molecule has 0 aliphatic heterocycles. The highest BCUT2D eigenvalue weighted by molar-refractivity contribution is 7.16. The van der Waals surface area contributed by atoms with Gasteiger partial charge in [-0.15, -0.1) is 11.3 Å². The van der Waals surface area contributed by atoms with E-state index in [4.69, 9.17) is 16.7 Å². The van der Waals surface area contributed by atoms with Gasteiger partial charge in [-0.25, -0.2) is 0 Å². The monoisotopic (exact) mass is 301 g/mol. The molecule has 5 heteroatoms. The van der Waals surface area contributed by atoms with Crippen molar-refractivity contribution < 1.29 is 9.90 Å². The molecule has 0 aromatic carbocycles. The molecular formula is C14H20ClNO2S. The Balaban J connectivity index is 1.67. The molecule has 1 aliphatic carbocycles. The fourth-order valence-corrected chi connectivity index (χ4v) is 3.60. The van der Waals surface area contributed by atoms with E-state index >= 15 is 0 Å². The quantitative estimate of drug-likeness (QED) is 0.878. The zero-order valence-corrected chi connectivity index (χ0v) is 12.5. The number of aliphatic hydroxyl groups excluding tert-OH is 1. The highest BCUT2D eigenvalue weighted by Crippen LogP contribution is 2.24. The first-order valence-electron chi connectivity index (χ1n) is 6.82. The molecule has 1 saturated carbocycles. The minimum atomic E-state index is 0.122. The maximum Gasteiger partial charge on any atom is 0.220 e. The smallest absolute Gasteiger partial charge is 0.220 e. The van der Waals surface area contributed by atoms with Crippen molar-refractivity contribution in [3.63, 3.8) is 0 Å². The van der Waals surface area contributed by atoms with Gasteiger partial charge in [0, 0.05) is 23.9 Å². The van der Waals surface area contributed by atoms with E-state index in [0.29, 0.717) is 18.4 Å². The normalized spacial score (nSPS) is 23.3. The summed E-state index contributed by atoms with van der Waals surface area (Å²) in [6, 6.07) is 4.14. The summed E-state index contributed by atoms with van der Waals surface area (Å²) in [6.07, 6.45) is 5.29. The van der Waals surface area contributed by atoms with Crippen molar-refractivity contribution in [2.45, 2.75) is 44.6 Å². The van der Waals surface area contributed by atoms with Crippen molar-refractivity contribution in [1.29, 1.82) is 0 Å². The Kier molecular flexibility index (Phi) is 5.67. The summed E-state index contributed by atoms with van der Waals surface area (Å²) in [7, 11) is 0. The third-order valence-electron chi connectivity index (χ3n) is 3.70. The van der Waals surface area contributed by atoms with Crippen LogP contribution < -0.4 is 5.32 Å². The Morgan fingerprint density at radius 1 is 1.37 bits per heavy atom. The molecule has 0 radical (unpaired) electrons. The third kappa shape index (κ3) is 4.79. The highest BCUT2D eigenvalue weighted by atomic mass is 35.5. The zero-order valence-electron chi connectivity index (χ0n) is 10.9. The van der Waals surface area contributed by atoms with E-state index < -0.39 is 0 Å². The molecule has 1 amide bonds. The summed E-state index contributed by atoms with van der Waals surface area (Å²) in [6.45, 7) is 0.278. The molecule has 19 heavy (non-hydrogen) atoms. The Morgan fingerprint density at radius 2 is 2.11 bits per heavy atom. The number of nitrogens with one attached hydrogen (secondary N) is 1. The average molecular weight is 302 g/mol. The van der Waals surface area contributed by atoms with E-state index in [1.807, 2.05) is 12.1 Å². The summed E-state index contributed by atoms with van der Waals surface area (Å²) in [5.74, 6) is 0.554. The molecule has 0 spiro atoms. The van der Waals surface area contributed by atoms with Gasteiger partial charge in [-0.05, 0) is 50.2 Å². The lowest BCUT2D eigenvalue weighted by molar-refractivity contribution is -0.122. The molecule has 1 aromatic heterocycles. The number of aryl methyl sites for hydroxylation is 1. The number of amides is 1. The van der Waals surface area contributed by atoms with Gasteiger partial charge in [0.2, 0.25) is 5.91 Å². The zero-order chi connectivity index (χ0) is 13.7. The van der Waals surface area contributed by atoms with Gasteiger partial charge in [-0.2, -0.15) is 0 Å². The number of aliphatic hydroxyl groups is 1. The first kappa shape index (κ1) is 14.8. The van der Waals surface area contributed by atoms with Crippen LogP contribution >= 0.6 is 22.9 Å². The number of rotatable bonds is 5. The number of hydrogen-bond donors (Lipinski definition) is 2. The number of hydrogen-bond acceptors (Lipinski definition) is 3. The van der Waals surface area contributed by atoms with E-state index in [-0.39, 0.29) is 12.5 Å². The fourth-order valence-electron chi connectivity index (χ4n) is 2.51. The Morgan fingerprint density at radius 3 is 2.68 bits per heavy atom. The molecule has 106 valence electrons. The molecule has 0 saturated heterocycles. The van der Waals surface area contributed by atoms with Crippen LogP contribution in [0.1, 0.15) is 37.0 Å². The fraction of sp³-hybridized carbons (Fsp3) is 0.643. The molecule has 1 aromatic rings. The molecule has 1 heterocycles. The van der Waals surface area contributed by atoms with Crippen molar-refractivity contribution in [1.82, 2.24) is 5.32 Å². The van der Waals surface area contributed by atoms with Gasteiger partial charge < -0.3 is 10.4 Å². The van der Waals surface area contributed by atoms with Gasteiger partial charge in [-0.3, -0.25) is 4.79 Å². The minimum absolute atomic E-state index is 0.122. The lowest BCUT2D eigenvalue weighted by Gasteiger charge is -2.27. The van der Waals surface area contributed by atoms with E-state index in [1.165, 1.54) is 11.3 Å².